The summed E-state index contributed by atoms with van der Waals surface area (Å²) < 4.78 is 0. The molecule has 0 unspecified atom stereocenters. The summed E-state index contributed by atoms with van der Waals surface area (Å²) in [6.07, 6.45) is 2.58. The van der Waals surface area contributed by atoms with Crippen molar-refractivity contribution in [1.82, 2.24) is 4.90 Å². The highest BCUT2D eigenvalue weighted by Gasteiger charge is 2.22. The molecular formula is C11H20N2O3. The van der Waals surface area contributed by atoms with Gasteiger partial charge in [-0.25, -0.2) is 0 Å². The van der Waals surface area contributed by atoms with Crippen molar-refractivity contribution in [3.8, 4) is 0 Å². The van der Waals surface area contributed by atoms with Crippen LogP contribution in [0.2, 0.25) is 0 Å². The number of hydrogen-bond acceptors (Lipinski definition) is 3. The van der Waals surface area contributed by atoms with Gasteiger partial charge in [0.15, 0.2) is 0 Å². The zero-order valence-corrected chi connectivity index (χ0v) is 9.83. The number of carboxylic acids is 1. The summed E-state index contributed by atoms with van der Waals surface area (Å²) in [4.78, 5) is 24.9. The highest BCUT2D eigenvalue weighted by Crippen LogP contribution is 2.00. The first-order valence-electron chi connectivity index (χ1n) is 5.94. The van der Waals surface area contributed by atoms with Crippen molar-refractivity contribution in [3.05, 3.63) is 0 Å². The maximum atomic E-state index is 11.7. The Morgan fingerprint density at radius 2 is 1.94 bits per heavy atom. The standard InChI is InChI=1S/C11H20N2O3/c1-2-3-4-10(14)13-7-5-12(6-8-13)9-11(15)16/h2-9H2,1H3,(H,15,16). The molecule has 0 radical (unpaired) electrons. The van der Waals surface area contributed by atoms with Crippen LogP contribution in [0.25, 0.3) is 0 Å². The number of piperazine rings is 1. The van der Waals surface area contributed by atoms with Gasteiger partial charge < -0.3 is 19.7 Å². The van der Waals surface area contributed by atoms with E-state index in [2.05, 4.69) is 6.92 Å². The minimum absolute atomic E-state index is 0.0526. The van der Waals surface area contributed by atoms with Crippen molar-refractivity contribution in [3.63, 3.8) is 0 Å². The molecule has 92 valence electrons. The summed E-state index contributed by atoms with van der Waals surface area (Å²) >= 11 is 0. The van der Waals surface area contributed by atoms with Gasteiger partial charge in [0, 0.05) is 6.42 Å². The number of aliphatic carboxylic acids is 1. The van der Waals surface area contributed by atoms with Crippen molar-refractivity contribution in [2.75, 3.05) is 32.7 Å². The van der Waals surface area contributed by atoms with Gasteiger partial charge >= 0.3 is 0 Å². The van der Waals surface area contributed by atoms with Gasteiger partial charge in [-0.1, -0.05) is 13.3 Å². The number of unbranched alkanes of at least 4 members (excludes halogenated alkanes) is 1. The van der Waals surface area contributed by atoms with Crippen molar-refractivity contribution < 1.29 is 19.6 Å². The Morgan fingerprint density at radius 1 is 1.31 bits per heavy atom. The van der Waals surface area contributed by atoms with Crippen LogP contribution in [0.4, 0.5) is 0 Å². The summed E-state index contributed by atoms with van der Waals surface area (Å²) in [6, 6.07) is 0. The van der Waals surface area contributed by atoms with Crippen LogP contribution in [0, 0.1) is 0 Å². The minimum Gasteiger partial charge on any atom is -0.544 e. The lowest BCUT2D eigenvalue weighted by Crippen LogP contribution is -3.16. The minimum atomic E-state index is -1.01. The molecule has 0 aromatic rings. The van der Waals surface area contributed by atoms with E-state index < -0.39 is 5.97 Å². The predicted octanol–water partition coefficient (Wildman–Crippen LogP) is -2.35. The Bertz CT molecular complexity index is 248. The summed E-state index contributed by atoms with van der Waals surface area (Å²) in [5.41, 5.74) is 0. The molecule has 0 aromatic carbocycles. The number of carbonyl (C=O) groups excluding carboxylic acids is 2. The van der Waals surface area contributed by atoms with Gasteiger partial charge in [0.25, 0.3) is 0 Å². The molecule has 0 aliphatic carbocycles. The van der Waals surface area contributed by atoms with E-state index in [0.29, 0.717) is 32.6 Å². The Kier molecular flexibility index (Phi) is 5.25. The van der Waals surface area contributed by atoms with Crippen molar-refractivity contribution in [2.24, 2.45) is 0 Å². The van der Waals surface area contributed by atoms with E-state index in [0.717, 1.165) is 17.7 Å². The largest absolute Gasteiger partial charge is 0.544 e. The third-order valence-corrected chi connectivity index (χ3v) is 2.96. The zero-order chi connectivity index (χ0) is 12.0. The molecule has 0 saturated carbocycles. The van der Waals surface area contributed by atoms with E-state index >= 15 is 0 Å². The molecule has 1 rings (SSSR count). The van der Waals surface area contributed by atoms with E-state index in [4.69, 9.17) is 0 Å². The Balaban J connectivity index is 2.25. The molecule has 1 saturated heterocycles. The molecular weight excluding hydrogens is 208 g/mol. The lowest BCUT2D eigenvalue weighted by atomic mass is 10.2. The van der Waals surface area contributed by atoms with Gasteiger partial charge in [-0.15, -0.1) is 0 Å². The number of quaternary nitrogens is 1. The number of carboxylic acid groups (broad SMARTS) is 1. The quantitative estimate of drug-likeness (QED) is 0.573. The second-order valence-corrected chi connectivity index (χ2v) is 4.28. The molecule has 0 spiro atoms. The van der Waals surface area contributed by atoms with Gasteiger partial charge in [-0.05, 0) is 6.42 Å². The maximum absolute atomic E-state index is 11.7. The molecule has 1 fully saturated rings. The van der Waals surface area contributed by atoms with Crippen LogP contribution >= 0.6 is 0 Å². The fraction of sp³-hybridized carbons (Fsp3) is 0.818. The Labute approximate surface area is 96.0 Å². The van der Waals surface area contributed by atoms with E-state index in [1.165, 1.54) is 0 Å². The molecule has 0 bridgehead atoms. The summed E-state index contributed by atoms with van der Waals surface area (Å²) in [5, 5.41) is 10.4. The number of carbonyl (C=O) groups is 2. The summed E-state index contributed by atoms with van der Waals surface area (Å²) in [7, 11) is 0. The summed E-state index contributed by atoms with van der Waals surface area (Å²) in [5.74, 6) is -0.810. The number of nitrogens with one attached hydrogen (secondary N) is 1. The Morgan fingerprint density at radius 3 is 2.44 bits per heavy atom. The van der Waals surface area contributed by atoms with Gasteiger partial charge in [0.2, 0.25) is 5.91 Å². The Hall–Kier alpha value is -1.10. The fourth-order valence-electron chi connectivity index (χ4n) is 1.94. The lowest BCUT2D eigenvalue weighted by Gasteiger charge is -2.32. The average molecular weight is 228 g/mol. The van der Waals surface area contributed by atoms with Gasteiger partial charge in [0.1, 0.15) is 6.54 Å². The normalized spacial score (nSPS) is 17.4. The van der Waals surface area contributed by atoms with E-state index in [1.54, 1.807) is 0 Å². The molecule has 1 N–H and O–H groups in total. The predicted molar refractivity (Wildman–Crippen MR) is 56.7 cm³/mol. The monoisotopic (exact) mass is 228 g/mol. The second kappa shape index (κ2) is 6.48. The van der Waals surface area contributed by atoms with Crippen molar-refractivity contribution in [1.29, 1.82) is 0 Å². The van der Waals surface area contributed by atoms with Crippen molar-refractivity contribution >= 4 is 11.9 Å². The van der Waals surface area contributed by atoms with E-state index in [1.807, 2.05) is 4.90 Å². The molecule has 5 heteroatoms. The first kappa shape index (κ1) is 13.0. The molecule has 0 atom stereocenters. The molecule has 1 heterocycles. The number of nitrogens with zero attached hydrogens (tertiary/aromatic N) is 1. The first-order chi connectivity index (χ1) is 7.63. The molecule has 0 aromatic heterocycles. The van der Waals surface area contributed by atoms with Crippen LogP contribution in [0.1, 0.15) is 26.2 Å². The molecule has 1 aliphatic heterocycles. The number of amides is 1. The SMILES string of the molecule is CCCCC(=O)N1CC[NH+](CC(=O)[O-])CC1. The molecule has 1 amide bonds. The lowest BCUT2D eigenvalue weighted by molar-refractivity contribution is -0.898. The smallest absolute Gasteiger partial charge is 0.222 e. The van der Waals surface area contributed by atoms with E-state index in [-0.39, 0.29) is 12.5 Å². The highest BCUT2D eigenvalue weighted by molar-refractivity contribution is 5.76. The second-order valence-electron chi connectivity index (χ2n) is 4.28. The summed E-state index contributed by atoms with van der Waals surface area (Å²) in [6.45, 7) is 4.89. The average Bonchev–Trinajstić information content (AvgIpc) is 2.26. The van der Waals surface area contributed by atoms with Crippen LogP contribution in [0.5, 0.6) is 0 Å². The molecule has 16 heavy (non-hydrogen) atoms. The molecule has 1 aliphatic rings. The number of hydrogen-bond donors (Lipinski definition) is 1. The van der Waals surface area contributed by atoms with Gasteiger partial charge in [-0.2, -0.15) is 0 Å². The van der Waals surface area contributed by atoms with E-state index in [9.17, 15) is 14.7 Å². The fourth-order valence-corrected chi connectivity index (χ4v) is 1.94. The van der Waals surface area contributed by atoms with Crippen LogP contribution in [-0.4, -0.2) is 49.5 Å². The van der Waals surface area contributed by atoms with Crippen LogP contribution in [0.15, 0.2) is 0 Å². The van der Waals surface area contributed by atoms with Gasteiger partial charge in [0.05, 0.1) is 32.1 Å². The van der Waals surface area contributed by atoms with Crippen LogP contribution in [-0.2, 0) is 9.59 Å². The third-order valence-electron chi connectivity index (χ3n) is 2.96. The van der Waals surface area contributed by atoms with Crippen LogP contribution < -0.4 is 10.0 Å². The topological polar surface area (TPSA) is 64.9 Å². The first-order valence-corrected chi connectivity index (χ1v) is 5.94. The highest BCUT2D eigenvalue weighted by atomic mass is 16.4. The zero-order valence-electron chi connectivity index (χ0n) is 9.83. The van der Waals surface area contributed by atoms with Crippen molar-refractivity contribution in [2.45, 2.75) is 26.2 Å². The third kappa shape index (κ3) is 4.18. The number of rotatable bonds is 5. The maximum Gasteiger partial charge on any atom is 0.222 e. The molecule has 5 nitrogen and oxygen atoms in total. The van der Waals surface area contributed by atoms with Gasteiger partial charge in [-0.3, -0.25) is 4.79 Å². The van der Waals surface area contributed by atoms with Crippen LogP contribution in [0.3, 0.4) is 0 Å².